The summed E-state index contributed by atoms with van der Waals surface area (Å²) in [4.78, 5) is 30.9. The number of hydrogen-bond donors (Lipinski definition) is 0. The molecule has 0 aliphatic carbocycles. The molecule has 1 aliphatic rings. The molecule has 0 radical (unpaired) electrons. The van der Waals surface area contributed by atoms with Crippen LogP contribution in [0.3, 0.4) is 0 Å². The Morgan fingerprint density at radius 3 is 2.45 bits per heavy atom. The Labute approximate surface area is 188 Å². The first kappa shape index (κ1) is 23.6. The molecule has 0 saturated heterocycles. The lowest BCUT2D eigenvalue weighted by Crippen LogP contribution is -2.47. The molecule has 168 valence electrons. The van der Waals surface area contributed by atoms with Crippen LogP contribution in [0.25, 0.3) is 4.85 Å². The molecule has 0 saturated carbocycles. The molecule has 0 aromatic heterocycles. The van der Waals surface area contributed by atoms with Crippen LogP contribution in [-0.2, 0) is 20.5 Å². The van der Waals surface area contributed by atoms with Gasteiger partial charge in [0.1, 0.15) is 5.92 Å². The fourth-order valence-electron chi connectivity index (χ4n) is 3.82. The quantitative estimate of drug-likeness (QED) is 0.369. The monoisotopic (exact) mass is 453 g/mol. The van der Waals surface area contributed by atoms with Gasteiger partial charge in [-0.25, -0.2) is 4.85 Å². The van der Waals surface area contributed by atoms with Crippen molar-refractivity contribution < 1.29 is 27.5 Å². The number of carbonyl (C=O) groups is 2. The topological polar surface area (TPSA) is 74.8 Å². The first-order chi connectivity index (χ1) is 15.6. The van der Waals surface area contributed by atoms with E-state index in [1.165, 1.54) is 25.1 Å². The fourth-order valence-corrected chi connectivity index (χ4v) is 3.82. The molecule has 0 fully saturated rings. The fraction of sp³-hybridized carbons (Fsp3) is 0.250. The van der Waals surface area contributed by atoms with E-state index in [2.05, 4.69) is 4.85 Å². The number of carbonyl (C=O) groups excluding carboxylic acids is 2. The third-order valence-electron chi connectivity index (χ3n) is 5.31. The number of hydrogen-bond acceptors (Lipinski definition) is 4. The number of alkyl halides is 3. The number of allylic oxidation sites excluding steroid dienone is 2. The number of nitriles is 1. The second-order valence-corrected chi connectivity index (χ2v) is 7.25. The highest BCUT2D eigenvalue weighted by atomic mass is 19.4. The Kier molecular flexibility index (Phi) is 6.55. The van der Waals surface area contributed by atoms with Crippen molar-refractivity contribution in [2.75, 3.05) is 11.5 Å². The van der Waals surface area contributed by atoms with Crippen molar-refractivity contribution in [2.24, 2.45) is 5.92 Å². The van der Waals surface area contributed by atoms with Gasteiger partial charge in [-0.2, -0.15) is 18.4 Å². The molecule has 2 aromatic carbocycles. The molecule has 0 N–H and O–H groups in total. The summed E-state index contributed by atoms with van der Waals surface area (Å²) in [5, 5.41) is 9.05. The van der Waals surface area contributed by atoms with Gasteiger partial charge in [0.2, 0.25) is 5.91 Å². The molecular weight excluding hydrogens is 435 g/mol. The molecule has 2 atom stereocenters. The summed E-state index contributed by atoms with van der Waals surface area (Å²) in [7, 11) is 0. The number of nitrogens with zero attached hydrogens (tertiary/aromatic N) is 3. The van der Waals surface area contributed by atoms with Gasteiger partial charge in [-0.05, 0) is 49.7 Å². The Hall–Kier alpha value is -4.11. The van der Waals surface area contributed by atoms with Crippen molar-refractivity contribution in [1.29, 1.82) is 5.26 Å². The summed E-state index contributed by atoms with van der Waals surface area (Å²) in [6, 6.07) is 12.2. The van der Waals surface area contributed by atoms with E-state index in [9.17, 15) is 22.8 Å². The molecule has 2 unspecified atom stereocenters. The minimum Gasteiger partial charge on any atom is -0.465 e. The van der Waals surface area contributed by atoms with Gasteiger partial charge in [0, 0.05) is 17.3 Å². The smallest absolute Gasteiger partial charge is 0.416 e. The summed E-state index contributed by atoms with van der Waals surface area (Å²) in [5.74, 6) is -4.18. The molecule has 33 heavy (non-hydrogen) atoms. The highest BCUT2D eigenvalue weighted by Crippen LogP contribution is 2.44. The van der Waals surface area contributed by atoms with Crippen molar-refractivity contribution >= 4 is 17.6 Å². The zero-order valence-corrected chi connectivity index (χ0v) is 17.7. The molecule has 6 nitrogen and oxygen atoms in total. The maximum Gasteiger partial charge on any atom is 0.416 e. The first-order valence-corrected chi connectivity index (χ1v) is 9.90. The summed E-state index contributed by atoms with van der Waals surface area (Å²) in [6.45, 7) is 10.7. The molecule has 0 bridgehead atoms. The van der Waals surface area contributed by atoms with E-state index in [1.54, 1.807) is 19.1 Å². The number of ether oxygens (including phenoxy) is 1. The summed E-state index contributed by atoms with van der Waals surface area (Å²) in [5.41, 5.74) is -0.148. The van der Waals surface area contributed by atoms with E-state index in [-0.39, 0.29) is 23.7 Å². The van der Waals surface area contributed by atoms with Gasteiger partial charge in [0.25, 0.3) is 0 Å². The number of anilines is 1. The van der Waals surface area contributed by atoms with Crippen molar-refractivity contribution in [3.05, 3.63) is 88.0 Å². The van der Waals surface area contributed by atoms with Gasteiger partial charge in [0.15, 0.2) is 5.70 Å². The van der Waals surface area contributed by atoms with Crippen LogP contribution in [0.1, 0.15) is 36.5 Å². The van der Waals surface area contributed by atoms with Crippen LogP contribution in [0.2, 0.25) is 0 Å². The molecule has 3 rings (SSSR count). The van der Waals surface area contributed by atoms with Crippen molar-refractivity contribution in [1.82, 2.24) is 0 Å². The van der Waals surface area contributed by atoms with Crippen molar-refractivity contribution in [2.45, 2.75) is 25.9 Å². The zero-order valence-electron chi connectivity index (χ0n) is 17.7. The minimum absolute atomic E-state index is 0.0229. The van der Waals surface area contributed by atoms with E-state index < -0.39 is 35.5 Å². The van der Waals surface area contributed by atoms with Crippen LogP contribution < -0.4 is 4.90 Å². The predicted molar refractivity (Wildman–Crippen MR) is 112 cm³/mol. The minimum atomic E-state index is -4.64. The maximum absolute atomic E-state index is 13.5. The predicted octanol–water partition coefficient (Wildman–Crippen LogP) is 5.04. The first-order valence-electron chi connectivity index (χ1n) is 9.90. The average Bonchev–Trinajstić information content (AvgIpc) is 2.78. The third-order valence-corrected chi connectivity index (χ3v) is 5.31. The SMILES string of the molecule is [C-]#[N+]C1=C(C)N(c2cccc(C(F)(F)F)c2)C(=O)C(C(=O)OCC)C1c1ccc(C#N)cc1. The van der Waals surface area contributed by atoms with Gasteiger partial charge in [-0.1, -0.05) is 18.2 Å². The Bertz CT molecular complexity index is 1200. The Balaban J connectivity index is 2.23. The van der Waals surface area contributed by atoms with Crippen LogP contribution in [0, 0.1) is 23.8 Å². The maximum atomic E-state index is 13.5. The van der Waals surface area contributed by atoms with Crippen LogP contribution in [-0.4, -0.2) is 18.5 Å². The number of amides is 1. The lowest BCUT2D eigenvalue weighted by Gasteiger charge is -2.37. The molecule has 9 heteroatoms. The van der Waals surface area contributed by atoms with E-state index >= 15 is 0 Å². The van der Waals surface area contributed by atoms with E-state index in [0.717, 1.165) is 23.1 Å². The lowest BCUT2D eigenvalue weighted by molar-refractivity contribution is -0.152. The Morgan fingerprint density at radius 2 is 1.91 bits per heavy atom. The van der Waals surface area contributed by atoms with E-state index in [0.29, 0.717) is 11.1 Å². The number of rotatable bonds is 4. The normalized spacial score (nSPS) is 18.5. The molecule has 1 aliphatic heterocycles. The van der Waals surface area contributed by atoms with Crippen LogP contribution in [0.15, 0.2) is 59.9 Å². The highest BCUT2D eigenvalue weighted by Gasteiger charge is 2.47. The molecule has 2 aromatic rings. The zero-order chi connectivity index (χ0) is 24.3. The molecular formula is C24H18F3N3O3. The van der Waals surface area contributed by atoms with Gasteiger partial charge in [-0.3, -0.25) is 14.5 Å². The van der Waals surface area contributed by atoms with E-state index in [4.69, 9.17) is 16.6 Å². The van der Waals surface area contributed by atoms with Crippen molar-refractivity contribution in [3.63, 3.8) is 0 Å². The van der Waals surface area contributed by atoms with Crippen molar-refractivity contribution in [3.8, 4) is 6.07 Å². The van der Waals surface area contributed by atoms with Crippen LogP contribution >= 0.6 is 0 Å². The van der Waals surface area contributed by atoms with Gasteiger partial charge in [-0.15, -0.1) is 0 Å². The largest absolute Gasteiger partial charge is 0.465 e. The average molecular weight is 453 g/mol. The summed E-state index contributed by atoms with van der Waals surface area (Å²) >= 11 is 0. The number of benzene rings is 2. The van der Waals surface area contributed by atoms with Crippen LogP contribution in [0.5, 0.6) is 0 Å². The van der Waals surface area contributed by atoms with Crippen LogP contribution in [0.4, 0.5) is 18.9 Å². The number of esters is 1. The second kappa shape index (κ2) is 9.17. The lowest BCUT2D eigenvalue weighted by atomic mass is 9.79. The summed E-state index contributed by atoms with van der Waals surface area (Å²) in [6.07, 6.45) is -4.64. The molecule has 1 amide bonds. The highest BCUT2D eigenvalue weighted by molar-refractivity contribution is 6.10. The Morgan fingerprint density at radius 1 is 1.24 bits per heavy atom. The molecule has 0 spiro atoms. The van der Waals surface area contributed by atoms with Gasteiger partial charge >= 0.3 is 12.1 Å². The second-order valence-electron chi connectivity index (χ2n) is 7.25. The number of halogens is 3. The molecule has 1 heterocycles. The van der Waals surface area contributed by atoms with Gasteiger partial charge in [0.05, 0.1) is 30.4 Å². The summed E-state index contributed by atoms with van der Waals surface area (Å²) < 4.78 is 44.9. The van der Waals surface area contributed by atoms with E-state index in [1.807, 2.05) is 6.07 Å². The standard InChI is InChI=1S/C24H18F3N3O3/c1-4-33-23(32)20-19(16-10-8-15(13-28)9-11-16)21(29-3)14(2)30(22(20)31)18-7-5-6-17(12-18)24(25,26)27/h5-12,19-20H,4H2,1-2H3. The third kappa shape index (κ3) is 4.44. The van der Waals surface area contributed by atoms with Gasteiger partial charge < -0.3 is 4.74 Å².